The van der Waals surface area contributed by atoms with Crippen molar-refractivity contribution in [3.8, 4) is 21.9 Å². The molecule has 0 aliphatic heterocycles. The second kappa shape index (κ2) is 10.5. The van der Waals surface area contributed by atoms with E-state index in [0.717, 1.165) is 27.4 Å². The van der Waals surface area contributed by atoms with Gasteiger partial charge in [-0.15, -0.1) is 11.3 Å². The smallest absolute Gasteiger partial charge is 0.295 e. The van der Waals surface area contributed by atoms with Crippen LogP contribution in [0.4, 0.5) is 11.7 Å². The van der Waals surface area contributed by atoms with Crippen LogP contribution in [-0.2, 0) is 17.3 Å². The molecule has 0 saturated carbocycles. The van der Waals surface area contributed by atoms with Crippen LogP contribution in [0.3, 0.4) is 0 Å². The highest BCUT2D eigenvalue weighted by Crippen LogP contribution is 2.31. The van der Waals surface area contributed by atoms with E-state index in [1.165, 1.54) is 0 Å². The van der Waals surface area contributed by atoms with Crippen LogP contribution in [-0.4, -0.2) is 18.4 Å². The number of aromatic nitrogens is 2. The summed E-state index contributed by atoms with van der Waals surface area (Å²) in [5, 5.41) is 6.37. The van der Waals surface area contributed by atoms with Crippen LogP contribution in [0, 0.1) is 0 Å². The molecule has 0 radical (unpaired) electrons. The van der Waals surface area contributed by atoms with E-state index < -0.39 is 10.9 Å². The van der Waals surface area contributed by atoms with Crippen molar-refractivity contribution < 1.29 is 12.8 Å². The van der Waals surface area contributed by atoms with Crippen molar-refractivity contribution in [3.05, 3.63) is 108 Å². The quantitative estimate of drug-likeness (QED) is 0.221. The lowest BCUT2D eigenvalue weighted by Gasteiger charge is -2.16. The highest BCUT2D eigenvalue weighted by molar-refractivity contribution is 7.73. The van der Waals surface area contributed by atoms with Crippen LogP contribution in [0.15, 0.2) is 101 Å². The lowest BCUT2D eigenvalue weighted by Crippen LogP contribution is -2.14. The predicted molar refractivity (Wildman–Crippen MR) is 140 cm³/mol. The minimum absolute atomic E-state index is 0.207. The third kappa shape index (κ3) is 5.76. The van der Waals surface area contributed by atoms with Gasteiger partial charge in [0.1, 0.15) is 5.01 Å². The van der Waals surface area contributed by atoms with Gasteiger partial charge >= 0.3 is 0 Å². The van der Waals surface area contributed by atoms with Gasteiger partial charge in [0.15, 0.2) is 5.76 Å². The van der Waals surface area contributed by atoms with E-state index in [9.17, 15) is 8.42 Å². The number of oxazole rings is 1. The van der Waals surface area contributed by atoms with Crippen molar-refractivity contribution >= 4 is 33.9 Å². The van der Waals surface area contributed by atoms with E-state index in [4.69, 9.17) is 9.40 Å². The molecule has 0 bridgehead atoms. The number of nitrogens with zero attached hydrogens (tertiary/aromatic N) is 2. The molecule has 35 heavy (non-hydrogen) atoms. The molecule has 9 heteroatoms. The number of hydrogen-bond acceptors (Lipinski definition) is 7. The van der Waals surface area contributed by atoms with Crippen molar-refractivity contribution in [2.75, 3.05) is 10.0 Å². The van der Waals surface area contributed by atoms with Crippen molar-refractivity contribution in [2.24, 2.45) is 0 Å². The van der Waals surface area contributed by atoms with E-state index in [2.05, 4.69) is 15.0 Å². The van der Waals surface area contributed by atoms with Crippen LogP contribution >= 0.6 is 11.3 Å². The SMILES string of the molecule is O=[SH](=O)Nc1ccc(C[C@H](Nc2ncc(-c3ccccc3)o2)c2csc(-c3ccccc3)n2)cc1. The summed E-state index contributed by atoms with van der Waals surface area (Å²) in [7, 11) is -2.70. The first kappa shape index (κ1) is 22.8. The summed E-state index contributed by atoms with van der Waals surface area (Å²) in [6, 6.07) is 27.3. The molecule has 2 heterocycles. The molecule has 5 aromatic rings. The summed E-state index contributed by atoms with van der Waals surface area (Å²) in [5.41, 5.74) is 4.42. The molecule has 2 N–H and O–H groups in total. The van der Waals surface area contributed by atoms with Gasteiger partial charge < -0.3 is 9.73 Å². The molecule has 0 unspecified atom stereocenters. The first-order chi connectivity index (χ1) is 17.1. The minimum Gasteiger partial charge on any atom is -0.424 e. The molecule has 3 aromatic carbocycles. The third-order valence-electron chi connectivity index (χ3n) is 5.38. The molecule has 0 saturated heterocycles. The van der Waals surface area contributed by atoms with E-state index in [1.807, 2.05) is 78.2 Å². The average molecular weight is 503 g/mol. The van der Waals surface area contributed by atoms with Gasteiger partial charge in [0.05, 0.1) is 17.9 Å². The standard InChI is InChI=1S/C26H22N4O3S2/c31-35(32)30-21-13-11-18(12-14-21)15-22(23-17-34-25(28-23)20-9-5-2-6-10-20)29-26-27-16-24(33-26)19-7-3-1-4-8-19/h1-14,16-17,22,35H,15H2,(H,27,29)(H,30,31,32)/t22-/m0/s1. The Hall–Kier alpha value is -3.95. The molecule has 1 atom stereocenters. The lowest BCUT2D eigenvalue weighted by atomic mass is 10.0. The number of hydrogen-bond donors (Lipinski definition) is 3. The number of benzene rings is 3. The Morgan fingerprint density at radius 3 is 2.26 bits per heavy atom. The van der Waals surface area contributed by atoms with E-state index in [1.54, 1.807) is 29.7 Å². The molecule has 7 nitrogen and oxygen atoms in total. The maximum Gasteiger partial charge on any atom is 0.295 e. The Bertz CT molecular complexity index is 1460. The van der Waals surface area contributed by atoms with Gasteiger partial charge in [0.2, 0.25) is 10.9 Å². The van der Waals surface area contributed by atoms with Crippen LogP contribution in [0.25, 0.3) is 21.9 Å². The molecule has 176 valence electrons. The van der Waals surface area contributed by atoms with Gasteiger partial charge in [-0.05, 0) is 24.1 Å². The molecule has 0 fully saturated rings. The Labute approximate surface area is 208 Å². The Balaban J connectivity index is 1.41. The summed E-state index contributed by atoms with van der Waals surface area (Å²) >= 11 is 1.58. The van der Waals surface area contributed by atoms with Gasteiger partial charge in [-0.25, -0.2) is 18.4 Å². The maximum atomic E-state index is 10.9. The zero-order valence-electron chi connectivity index (χ0n) is 18.5. The number of anilines is 2. The summed E-state index contributed by atoms with van der Waals surface area (Å²) in [5.74, 6) is 0.678. The second-order valence-electron chi connectivity index (χ2n) is 7.81. The number of nitrogens with one attached hydrogen (secondary N) is 2. The Kier molecular flexibility index (Phi) is 6.87. The first-order valence-electron chi connectivity index (χ1n) is 10.9. The van der Waals surface area contributed by atoms with Gasteiger partial charge in [-0.2, -0.15) is 0 Å². The van der Waals surface area contributed by atoms with Crippen LogP contribution < -0.4 is 10.0 Å². The molecule has 0 spiro atoms. The first-order valence-corrected chi connectivity index (χ1v) is 13.0. The van der Waals surface area contributed by atoms with Gasteiger partial charge in [-0.3, -0.25) is 4.72 Å². The van der Waals surface area contributed by atoms with Crippen LogP contribution in [0.5, 0.6) is 0 Å². The number of rotatable bonds is 9. The zero-order chi connectivity index (χ0) is 24.0. The van der Waals surface area contributed by atoms with Gasteiger partial charge in [-0.1, -0.05) is 72.8 Å². The summed E-state index contributed by atoms with van der Waals surface area (Å²) < 4.78 is 30.3. The summed E-state index contributed by atoms with van der Waals surface area (Å²) in [6.07, 6.45) is 2.31. The molecular formula is C26H22N4O3S2. The zero-order valence-corrected chi connectivity index (χ0v) is 20.2. The van der Waals surface area contributed by atoms with Crippen molar-refractivity contribution in [3.63, 3.8) is 0 Å². The normalized spacial score (nSPS) is 11.9. The monoisotopic (exact) mass is 502 g/mol. The van der Waals surface area contributed by atoms with Gasteiger partial charge in [0.25, 0.3) is 6.01 Å². The predicted octanol–water partition coefficient (Wildman–Crippen LogP) is 5.80. The largest absolute Gasteiger partial charge is 0.424 e. The van der Waals surface area contributed by atoms with Crippen molar-refractivity contribution in [1.82, 2.24) is 9.97 Å². The lowest BCUT2D eigenvalue weighted by molar-refractivity contribution is 0.568. The molecule has 0 amide bonds. The highest BCUT2D eigenvalue weighted by atomic mass is 32.2. The van der Waals surface area contributed by atoms with Crippen molar-refractivity contribution in [2.45, 2.75) is 12.5 Å². The van der Waals surface area contributed by atoms with Crippen molar-refractivity contribution in [1.29, 1.82) is 0 Å². The topological polar surface area (TPSA) is 97.1 Å². The number of thiol groups is 1. The maximum absolute atomic E-state index is 10.9. The van der Waals surface area contributed by atoms with Crippen LogP contribution in [0.1, 0.15) is 17.3 Å². The van der Waals surface area contributed by atoms with E-state index in [0.29, 0.717) is 23.9 Å². The average Bonchev–Trinajstić information content (AvgIpc) is 3.56. The van der Waals surface area contributed by atoms with Gasteiger partial charge in [0, 0.05) is 22.2 Å². The second-order valence-corrected chi connectivity index (χ2v) is 9.40. The minimum atomic E-state index is -2.70. The fourth-order valence-corrected chi connectivity index (χ4v) is 4.91. The summed E-state index contributed by atoms with van der Waals surface area (Å²) in [4.78, 5) is 9.32. The summed E-state index contributed by atoms with van der Waals surface area (Å²) in [6.45, 7) is 0. The fourth-order valence-electron chi connectivity index (χ4n) is 3.67. The Morgan fingerprint density at radius 2 is 1.57 bits per heavy atom. The molecular weight excluding hydrogens is 480 g/mol. The van der Waals surface area contributed by atoms with Crippen LogP contribution in [0.2, 0.25) is 0 Å². The third-order valence-corrected chi connectivity index (χ3v) is 6.73. The van der Waals surface area contributed by atoms with E-state index in [-0.39, 0.29) is 6.04 Å². The molecule has 0 aliphatic rings. The Morgan fingerprint density at radius 1 is 0.886 bits per heavy atom. The van der Waals surface area contributed by atoms with E-state index >= 15 is 0 Å². The number of thiazole rings is 1. The highest BCUT2D eigenvalue weighted by Gasteiger charge is 2.19. The molecule has 5 rings (SSSR count). The molecule has 2 aromatic heterocycles. The fraction of sp³-hybridized carbons (Fsp3) is 0.0769. The molecule has 0 aliphatic carbocycles.